The Balaban J connectivity index is 1.95. The molecular formula is C16H11BrN2O4. The predicted octanol–water partition coefficient (Wildman–Crippen LogP) is 2.99. The molecule has 0 aliphatic carbocycles. The number of nitrogens with zero attached hydrogens (tertiary/aromatic N) is 2. The molecule has 6 nitrogen and oxygen atoms in total. The maximum absolute atomic E-state index is 12.2. The molecule has 0 aromatic heterocycles. The highest BCUT2D eigenvalue weighted by Gasteiger charge is 2.27. The van der Waals surface area contributed by atoms with E-state index in [1.165, 1.54) is 35.3 Å². The molecule has 7 heteroatoms. The van der Waals surface area contributed by atoms with Gasteiger partial charge >= 0.3 is 5.97 Å². The van der Waals surface area contributed by atoms with Gasteiger partial charge in [-0.05, 0) is 42.5 Å². The summed E-state index contributed by atoms with van der Waals surface area (Å²) in [6.07, 6.45) is 0.0602. The number of phenols is 1. The molecule has 1 amide bonds. The van der Waals surface area contributed by atoms with E-state index in [2.05, 4.69) is 21.0 Å². The maximum atomic E-state index is 12.2. The summed E-state index contributed by atoms with van der Waals surface area (Å²) >= 11 is 3.32. The van der Waals surface area contributed by atoms with Gasteiger partial charge in [0.05, 0.1) is 23.4 Å². The Kier molecular flexibility index (Phi) is 3.87. The number of aromatic carboxylic acids is 1. The molecular weight excluding hydrogens is 364 g/mol. The first kappa shape index (κ1) is 15.2. The van der Waals surface area contributed by atoms with E-state index in [1.54, 1.807) is 12.1 Å². The van der Waals surface area contributed by atoms with Crippen LogP contribution >= 0.6 is 15.9 Å². The molecule has 0 fully saturated rings. The van der Waals surface area contributed by atoms with Crippen LogP contribution in [0.5, 0.6) is 5.75 Å². The molecule has 2 aromatic carbocycles. The van der Waals surface area contributed by atoms with E-state index in [-0.39, 0.29) is 23.6 Å². The molecule has 23 heavy (non-hydrogen) atoms. The summed E-state index contributed by atoms with van der Waals surface area (Å²) < 4.78 is 0.768. The summed E-state index contributed by atoms with van der Waals surface area (Å²) in [7, 11) is 0. The number of carboxylic acids is 1. The number of phenolic OH excluding ortho intramolecular Hbond substituents is 1. The minimum Gasteiger partial charge on any atom is -0.507 e. The van der Waals surface area contributed by atoms with Crippen molar-refractivity contribution in [1.29, 1.82) is 0 Å². The minimum absolute atomic E-state index is 0.0443. The van der Waals surface area contributed by atoms with Crippen molar-refractivity contribution in [3.05, 3.63) is 58.1 Å². The molecule has 0 saturated carbocycles. The average molecular weight is 375 g/mol. The molecule has 0 spiro atoms. The maximum Gasteiger partial charge on any atom is 0.335 e. The Morgan fingerprint density at radius 1 is 1.17 bits per heavy atom. The van der Waals surface area contributed by atoms with Gasteiger partial charge in [-0.25, -0.2) is 9.80 Å². The van der Waals surface area contributed by atoms with Gasteiger partial charge in [0.25, 0.3) is 5.91 Å². The molecule has 3 rings (SSSR count). The van der Waals surface area contributed by atoms with E-state index in [4.69, 9.17) is 5.11 Å². The Morgan fingerprint density at radius 2 is 1.87 bits per heavy atom. The van der Waals surface area contributed by atoms with Crippen molar-refractivity contribution in [3.63, 3.8) is 0 Å². The second-order valence-corrected chi connectivity index (χ2v) is 5.86. The normalized spacial score (nSPS) is 14.0. The predicted molar refractivity (Wildman–Crippen MR) is 87.8 cm³/mol. The van der Waals surface area contributed by atoms with E-state index in [0.717, 1.165) is 4.47 Å². The quantitative estimate of drug-likeness (QED) is 0.863. The van der Waals surface area contributed by atoms with Gasteiger partial charge in [-0.3, -0.25) is 4.79 Å². The first-order valence-corrected chi connectivity index (χ1v) is 7.47. The lowest BCUT2D eigenvalue weighted by molar-refractivity contribution is -0.116. The van der Waals surface area contributed by atoms with Gasteiger partial charge in [0.15, 0.2) is 0 Å². The molecule has 0 radical (unpaired) electrons. The van der Waals surface area contributed by atoms with Gasteiger partial charge in [0, 0.05) is 10.0 Å². The minimum atomic E-state index is -1.03. The number of anilines is 1. The molecule has 1 aliphatic rings. The zero-order valence-corrected chi connectivity index (χ0v) is 13.3. The second-order valence-electron chi connectivity index (χ2n) is 4.94. The van der Waals surface area contributed by atoms with E-state index in [1.807, 2.05) is 0 Å². The molecule has 2 aromatic rings. The highest BCUT2D eigenvalue weighted by Crippen LogP contribution is 2.28. The van der Waals surface area contributed by atoms with E-state index < -0.39 is 5.97 Å². The number of aromatic hydroxyl groups is 1. The summed E-state index contributed by atoms with van der Waals surface area (Å²) in [6.45, 7) is 0. The van der Waals surface area contributed by atoms with Crippen LogP contribution in [-0.2, 0) is 4.79 Å². The molecule has 0 saturated heterocycles. The SMILES string of the molecule is O=C(O)c1ccc(N2N=C(c3cc(Br)ccc3O)CC2=O)cc1. The van der Waals surface area contributed by atoms with Crippen LogP contribution in [0, 0.1) is 0 Å². The molecule has 1 heterocycles. The van der Waals surface area contributed by atoms with Crippen LogP contribution in [0.4, 0.5) is 5.69 Å². The standard InChI is InChI=1S/C16H11BrN2O4/c17-10-3-6-14(20)12(7-10)13-8-15(21)19(18-13)11-4-1-9(2-5-11)16(22)23/h1-7,20H,8H2,(H,22,23). The van der Waals surface area contributed by atoms with Crippen LogP contribution in [0.2, 0.25) is 0 Å². The van der Waals surface area contributed by atoms with Crippen molar-refractivity contribution in [1.82, 2.24) is 0 Å². The van der Waals surface area contributed by atoms with Crippen molar-refractivity contribution < 1.29 is 19.8 Å². The smallest absolute Gasteiger partial charge is 0.335 e. The fourth-order valence-corrected chi connectivity index (χ4v) is 2.63. The number of amides is 1. The number of halogens is 1. The molecule has 0 unspecified atom stereocenters. The Hall–Kier alpha value is -2.67. The van der Waals surface area contributed by atoms with Gasteiger partial charge in [0.2, 0.25) is 0 Å². The third-order valence-electron chi connectivity index (χ3n) is 3.40. The number of hydrogen-bond donors (Lipinski definition) is 2. The van der Waals surface area contributed by atoms with Crippen molar-refractivity contribution in [3.8, 4) is 5.75 Å². The molecule has 116 valence electrons. The van der Waals surface area contributed by atoms with Gasteiger partial charge < -0.3 is 10.2 Å². The largest absolute Gasteiger partial charge is 0.507 e. The summed E-state index contributed by atoms with van der Waals surface area (Å²) in [4.78, 5) is 23.0. The van der Waals surface area contributed by atoms with E-state index in [9.17, 15) is 14.7 Å². The molecule has 0 atom stereocenters. The zero-order chi connectivity index (χ0) is 16.6. The summed E-state index contributed by atoms with van der Waals surface area (Å²) in [5.41, 5.74) is 1.55. The number of carbonyl (C=O) groups excluding carboxylic acids is 1. The van der Waals surface area contributed by atoms with Crippen LogP contribution in [0.25, 0.3) is 0 Å². The first-order valence-electron chi connectivity index (χ1n) is 6.68. The number of carbonyl (C=O) groups is 2. The third-order valence-corrected chi connectivity index (χ3v) is 3.90. The highest BCUT2D eigenvalue weighted by atomic mass is 79.9. The summed E-state index contributed by atoms with van der Waals surface area (Å²) in [6, 6.07) is 10.8. The summed E-state index contributed by atoms with van der Waals surface area (Å²) in [5, 5.41) is 24.3. The topological polar surface area (TPSA) is 90.2 Å². The number of hydrogen-bond acceptors (Lipinski definition) is 4. The number of rotatable bonds is 3. The zero-order valence-electron chi connectivity index (χ0n) is 11.7. The fraction of sp³-hybridized carbons (Fsp3) is 0.0625. The Morgan fingerprint density at radius 3 is 2.52 bits per heavy atom. The van der Waals surface area contributed by atoms with Crippen molar-refractivity contribution in [2.75, 3.05) is 5.01 Å². The highest BCUT2D eigenvalue weighted by molar-refractivity contribution is 9.10. The lowest BCUT2D eigenvalue weighted by atomic mass is 10.1. The van der Waals surface area contributed by atoms with E-state index in [0.29, 0.717) is 17.0 Å². The van der Waals surface area contributed by atoms with E-state index >= 15 is 0 Å². The first-order chi connectivity index (χ1) is 11.0. The Labute approximate surface area is 139 Å². The number of benzene rings is 2. The second kappa shape index (κ2) is 5.85. The lowest BCUT2D eigenvalue weighted by Gasteiger charge is -2.11. The van der Waals surface area contributed by atoms with Crippen molar-refractivity contribution in [2.24, 2.45) is 5.10 Å². The number of hydrazone groups is 1. The molecule has 1 aliphatic heterocycles. The molecule has 0 bridgehead atoms. The van der Waals surface area contributed by atoms with Crippen LogP contribution in [0.1, 0.15) is 22.3 Å². The van der Waals surface area contributed by atoms with Gasteiger partial charge in [0.1, 0.15) is 5.75 Å². The van der Waals surface area contributed by atoms with Crippen LogP contribution in [-0.4, -0.2) is 27.8 Å². The Bertz CT molecular complexity index is 830. The van der Waals surface area contributed by atoms with Gasteiger partial charge in [-0.1, -0.05) is 15.9 Å². The van der Waals surface area contributed by atoms with Crippen LogP contribution in [0.15, 0.2) is 52.0 Å². The van der Waals surface area contributed by atoms with Gasteiger partial charge in [-0.2, -0.15) is 5.10 Å². The van der Waals surface area contributed by atoms with Gasteiger partial charge in [-0.15, -0.1) is 0 Å². The summed E-state index contributed by atoms with van der Waals surface area (Å²) in [5.74, 6) is -1.24. The van der Waals surface area contributed by atoms with Crippen LogP contribution < -0.4 is 5.01 Å². The monoisotopic (exact) mass is 374 g/mol. The van der Waals surface area contributed by atoms with Crippen molar-refractivity contribution in [2.45, 2.75) is 6.42 Å². The third kappa shape index (κ3) is 2.95. The fourth-order valence-electron chi connectivity index (χ4n) is 2.27. The number of carboxylic acid groups (broad SMARTS) is 1. The lowest BCUT2D eigenvalue weighted by Crippen LogP contribution is -2.19. The average Bonchev–Trinajstić information content (AvgIpc) is 2.91. The van der Waals surface area contributed by atoms with Crippen molar-refractivity contribution >= 4 is 39.2 Å². The molecule has 2 N–H and O–H groups in total. The van der Waals surface area contributed by atoms with Crippen LogP contribution in [0.3, 0.4) is 0 Å².